The summed E-state index contributed by atoms with van der Waals surface area (Å²) in [4.78, 5) is 2.31. The number of piperidine rings is 1. The summed E-state index contributed by atoms with van der Waals surface area (Å²) in [6.45, 7) is 4.09. The number of likely N-dealkylation sites (tertiary alicyclic amines) is 1. The number of hydrogen-bond donors (Lipinski definition) is 1. The van der Waals surface area contributed by atoms with Crippen molar-refractivity contribution in [2.24, 2.45) is 0 Å². The maximum atomic E-state index is 6.28. The van der Waals surface area contributed by atoms with Crippen LogP contribution in [0.5, 0.6) is 17.2 Å². The molecule has 1 atom stereocenters. The van der Waals surface area contributed by atoms with Crippen LogP contribution in [-0.4, -0.2) is 38.4 Å². The highest BCUT2D eigenvalue weighted by Crippen LogP contribution is 2.48. The van der Waals surface area contributed by atoms with Crippen molar-refractivity contribution in [3.05, 3.63) is 12.3 Å². The fourth-order valence-electron chi connectivity index (χ4n) is 3.19. The van der Waals surface area contributed by atoms with Gasteiger partial charge in [-0.3, -0.25) is 4.90 Å². The largest absolute Gasteiger partial charge is 0.494 e. The third-order valence-corrected chi connectivity index (χ3v) is 4.41. The highest BCUT2D eigenvalue weighted by atomic mass is 35.5. The average molecular weight is 393 g/mol. The molecule has 3 rings (SSSR count). The van der Waals surface area contributed by atoms with Crippen molar-refractivity contribution >= 4 is 41.5 Å². The van der Waals surface area contributed by atoms with E-state index >= 15 is 0 Å². The minimum Gasteiger partial charge on any atom is -0.494 e. The number of halogens is 2. The van der Waals surface area contributed by atoms with Gasteiger partial charge in [-0.2, -0.15) is 0 Å². The maximum absolute atomic E-state index is 6.28. The number of furan rings is 1. The Hall–Kier alpha value is -1.50. The van der Waals surface area contributed by atoms with Crippen LogP contribution < -0.4 is 19.9 Å². The topological polar surface area (TPSA) is 70.1 Å². The smallest absolute Gasteiger partial charge is 0.207 e. The predicted octanol–water partition coefficient (Wildman–Crippen LogP) is 4.09. The second kappa shape index (κ2) is 9.27. The lowest BCUT2D eigenvalue weighted by Gasteiger charge is -2.33. The van der Waals surface area contributed by atoms with Gasteiger partial charge >= 0.3 is 0 Å². The van der Waals surface area contributed by atoms with Crippen LogP contribution in [0.4, 0.5) is 5.69 Å². The van der Waals surface area contributed by atoms with E-state index in [0.29, 0.717) is 28.5 Å². The number of anilines is 1. The molecule has 2 aromatic rings. The molecule has 25 heavy (non-hydrogen) atoms. The Morgan fingerprint density at radius 1 is 1.04 bits per heavy atom. The third kappa shape index (κ3) is 4.02. The molecule has 1 aliphatic rings. The van der Waals surface area contributed by atoms with Gasteiger partial charge in [0.05, 0.1) is 25.9 Å². The van der Waals surface area contributed by atoms with Crippen LogP contribution in [-0.2, 0) is 0 Å². The molecule has 2 heterocycles. The Bertz CT molecular complexity index is 687. The molecular weight excluding hydrogens is 367 g/mol. The number of fused-ring (bicyclic) bond motifs is 1. The number of nitrogen functional groups attached to an aromatic ring is 1. The van der Waals surface area contributed by atoms with E-state index in [0.717, 1.165) is 18.5 Å². The van der Waals surface area contributed by atoms with Crippen molar-refractivity contribution < 1.29 is 18.6 Å². The summed E-state index contributed by atoms with van der Waals surface area (Å²) < 4.78 is 22.7. The molecule has 0 saturated carbocycles. The molecular formula is C17H26Cl2N2O4. The second-order valence-corrected chi connectivity index (χ2v) is 5.79. The molecule has 1 saturated heterocycles. The fraction of sp³-hybridized carbons (Fsp3) is 0.529. The minimum atomic E-state index is -0.0939. The number of hydrogen-bond acceptors (Lipinski definition) is 6. The lowest BCUT2D eigenvalue weighted by Crippen LogP contribution is -2.40. The zero-order chi connectivity index (χ0) is 16.4. The van der Waals surface area contributed by atoms with Crippen LogP contribution in [0.1, 0.15) is 26.2 Å². The first-order valence-corrected chi connectivity index (χ1v) is 7.98. The first kappa shape index (κ1) is 21.5. The molecule has 1 unspecified atom stereocenters. The van der Waals surface area contributed by atoms with Gasteiger partial charge in [0.2, 0.25) is 5.75 Å². The van der Waals surface area contributed by atoms with Crippen molar-refractivity contribution in [1.29, 1.82) is 0 Å². The zero-order valence-corrected chi connectivity index (χ0v) is 16.4. The van der Waals surface area contributed by atoms with Gasteiger partial charge in [-0.15, -0.1) is 24.8 Å². The molecule has 1 aromatic heterocycles. The van der Waals surface area contributed by atoms with Gasteiger partial charge in [-0.05, 0) is 25.8 Å². The number of nitrogens with two attached hydrogens (primary N) is 1. The first-order chi connectivity index (χ1) is 11.2. The van der Waals surface area contributed by atoms with E-state index in [9.17, 15) is 0 Å². The van der Waals surface area contributed by atoms with Crippen LogP contribution >= 0.6 is 24.8 Å². The minimum absolute atomic E-state index is 0. The standard InChI is InChI=1S/C17H24N2O4.2ClH/c1-11(19-8-5-4-6-9-19)23-16-13(18)14(20-2)12-7-10-22-15(12)17(16)21-3;;/h7,10-11H,4-6,8-9,18H2,1-3H3;2*1H. The van der Waals surface area contributed by atoms with E-state index in [1.54, 1.807) is 20.5 Å². The van der Waals surface area contributed by atoms with Gasteiger partial charge in [-0.25, -0.2) is 0 Å². The van der Waals surface area contributed by atoms with Gasteiger partial charge in [-0.1, -0.05) is 6.42 Å². The molecule has 0 bridgehead atoms. The lowest BCUT2D eigenvalue weighted by molar-refractivity contribution is 0.0250. The molecule has 2 N–H and O–H groups in total. The molecule has 0 amide bonds. The molecule has 0 radical (unpaired) electrons. The Balaban J connectivity index is 0.00000156. The van der Waals surface area contributed by atoms with E-state index in [-0.39, 0.29) is 31.0 Å². The number of benzene rings is 1. The SMILES string of the molecule is COc1c(N)c(OC(C)N2CCCCC2)c(OC)c2occc12.Cl.Cl. The normalized spacial score (nSPS) is 15.8. The first-order valence-electron chi connectivity index (χ1n) is 7.98. The van der Waals surface area contributed by atoms with E-state index in [1.165, 1.54) is 19.3 Å². The number of methoxy groups -OCH3 is 2. The highest BCUT2D eigenvalue weighted by Gasteiger charge is 2.26. The van der Waals surface area contributed by atoms with Gasteiger partial charge in [0, 0.05) is 13.1 Å². The predicted molar refractivity (Wildman–Crippen MR) is 104 cm³/mol. The van der Waals surface area contributed by atoms with Gasteiger partial charge in [0.15, 0.2) is 17.1 Å². The average Bonchev–Trinajstić information content (AvgIpc) is 3.05. The Morgan fingerprint density at radius 3 is 2.28 bits per heavy atom. The summed E-state index contributed by atoms with van der Waals surface area (Å²) in [6, 6.07) is 1.81. The quantitative estimate of drug-likeness (QED) is 0.772. The molecule has 0 aliphatic carbocycles. The van der Waals surface area contributed by atoms with E-state index in [2.05, 4.69) is 4.90 Å². The van der Waals surface area contributed by atoms with E-state index in [4.69, 9.17) is 24.4 Å². The Kier molecular flexibility index (Phi) is 7.99. The highest BCUT2D eigenvalue weighted by molar-refractivity contribution is 5.98. The zero-order valence-electron chi connectivity index (χ0n) is 14.7. The van der Waals surface area contributed by atoms with E-state index in [1.807, 2.05) is 13.0 Å². The van der Waals surface area contributed by atoms with Crippen molar-refractivity contribution in [1.82, 2.24) is 4.90 Å². The molecule has 1 fully saturated rings. The second-order valence-electron chi connectivity index (χ2n) is 5.79. The Labute approximate surface area is 160 Å². The van der Waals surface area contributed by atoms with Crippen molar-refractivity contribution in [2.75, 3.05) is 33.0 Å². The van der Waals surface area contributed by atoms with Crippen LogP contribution in [0.3, 0.4) is 0 Å². The Morgan fingerprint density at radius 2 is 1.68 bits per heavy atom. The summed E-state index contributed by atoms with van der Waals surface area (Å²) >= 11 is 0. The lowest BCUT2D eigenvalue weighted by atomic mass is 10.1. The molecule has 6 nitrogen and oxygen atoms in total. The number of nitrogens with zero attached hydrogens (tertiary/aromatic N) is 1. The van der Waals surface area contributed by atoms with Crippen molar-refractivity contribution in [3.63, 3.8) is 0 Å². The summed E-state index contributed by atoms with van der Waals surface area (Å²) in [5, 5.41) is 0.778. The fourth-order valence-corrected chi connectivity index (χ4v) is 3.19. The summed E-state index contributed by atoms with van der Waals surface area (Å²) in [5.41, 5.74) is 7.30. The van der Waals surface area contributed by atoms with Gasteiger partial charge < -0.3 is 24.4 Å². The van der Waals surface area contributed by atoms with Gasteiger partial charge in [0.25, 0.3) is 0 Å². The number of ether oxygens (including phenoxy) is 3. The van der Waals surface area contributed by atoms with Gasteiger partial charge in [0.1, 0.15) is 11.9 Å². The maximum Gasteiger partial charge on any atom is 0.207 e. The number of rotatable bonds is 5. The monoisotopic (exact) mass is 392 g/mol. The molecule has 8 heteroatoms. The summed E-state index contributed by atoms with van der Waals surface area (Å²) in [5.74, 6) is 1.53. The molecule has 0 spiro atoms. The van der Waals surface area contributed by atoms with Crippen LogP contribution in [0.25, 0.3) is 11.0 Å². The summed E-state index contributed by atoms with van der Waals surface area (Å²) in [6.07, 6.45) is 5.17. The van der Waals surface area contributed by atoms with E-state index < -0.39 is 0 Å². The van der Waals surface area contributed by atoms with Crippen LogP contribution in [0.15, 0.2) is 16.7 Å². The van der Waals surface area contributed by atoms with Crippen LogP contribution in [0, 0.1) is 0 Å². The van der Waals surface area contributed by atoms with Crippen molar-refractivity contribution in [3.8, 4) is 17.2 Å². The molecule has 1 aromatic carbocycles. The van der Waals surface area contributed by atoms with Crippen molar-refractivity contribution in [2.45, 2.75) is 32.4 Å². The summed E-state index contributed by atoms with van der Waals surface area (Å²) in [7, 11) is 3.17. The van der Waals surface area contributed by atoms with Crippen LogP contribution in [0.2, 0.25) is 0 Å². The molecule has 142 valence electrons. The molecule has 1 aliphatic heterocycles. The third-order valence-electron chi connectivity index (χ3n) is 4.41.